The third kappa shape index (κ3) is 458. The Morgan fingerprint density at radius 3 is 0.423 bits per heavy atom. The molecule has 0 bridgehead atoms. The third-order valence-electron chi connectivity index (χ3n) is 0.667. The Bertz CT molecular complexity index is 258. The van der Waals surface area contributed by atoms with Gasteiger partial charge in [-0.1, -0.05) is 36.4 Å². The fourth-order valence-corrected chi connectivity index (χ4v) is 0.385. The second-order valence-corrected chi connectivity index (χ2v) is 2.64. The van der Waals surface area contributed by atoms with Crippen LogP contribution in [0.25, 0.3) is 0 Å². The summed E-state index contributed by atoms with van der Waals surface area (Å²) in [6.45, 7) is 0. The molecule has 160 valence electrons. The maximum atomic E-state index is 9.75. The molecule has 0 unspecified atom stereocenters. The van der Waals surface area contributed by atoms with Gasteiger partial charge in [-0.25, -0.2) is 0 Å². The predicted octanol–water partition coefficient (Wildman–Crippen LogP) is 3.31. The maximum Gasteiger partial charge on any atom is 1.00 e. The summed E-state index contributed by atoms with van der Waals surface area (Å²) < 4.78 is 117. The van der Waals surface area contributed by atoms with Crippen molar-refractivity contribution in [1.29, 1.82) is 0 Å². The van der Waals surface area contributed by atoms with Gasteiger partial charge in [0.05, 0.1) is 0 Å². The summed E-state index contributed by atoms with van der Waals surface area (Å²) in [6.07, 6.45) is 0. The third-order valence-corrected chi connectivity index (χ3v) is 0.667. The van der Waals surface area contributed by atoms with Crippen molar-refractivity contribution in [2.75, 3.05) is 0 Å². The molecule has 0 aliphatic heterocycles. The average molecular weight is 426 g/mol. The van der Waals surface area contributed by atoms with Crippen molar-refractivity contribution in [1.82, 2.24) is 0 Å². The molecule has 0 amide bonds. The summed E-state index contributed by atoms with van der Waals surface area (Å²) in [5.74, 6) is 0. The molecule has 0 aromatic heterocycles. The smallest absolute Gasteiger partial charge is 1.00 e. The van der Waals surface area contributed by atoms with E-state index in [4.69, 9.17) is 0 Å². The van der Waals surface area contributed by atoms with Gasteiger partial charge >= 0.3 is 40.6 Å². The van der Waals surface area contributed by atoms with Crippen LogP contribution in [0.2, 0.25) is 0 Å². The van der Waals surface area contributed by atoms with Crippen molar-refractivity contribution >= 4 is 21.8 Å². The Balaban J connectivity index is -0.0000000214. The van der Waals surface area contributed by atoms with Gasteiger partial charge in [-0.2, -0.15) is 0 Å². The number of rotatable bonds is 0. The molecular weight excluding hydrogens is 415 g/mol. The van der Waals surface area contributed by atoms with Gasteiger partial charge in [0.15, 0.2) is 0 Å². The van der Waals surface area contributed by atoms with Crippen LogP contribution >= 0.6 is 0 Å². The Labute approximate surface area is 150 Å². The molecule has 1 rings (SSSR count). The van der Waals surface area contributed by atoms with Crippen molar-refractivity contribution in [3.05, 3.63) is 36.4 Å². The second kappa shape index (κ2) is 23.9. The molecule has 0 aliphatic carbocycles. The minimum Gasteiger partial charge on any atom is -1.00 e. The molecule has 1 aromatic carbocycles. The molecule has 0 spiro atoms. The molecule has 0 aliphatic rings. The summed E-state index contributed by atoms with van der Waals surface area (Å²) in [5, 5.41) is 0. The predicted molar refractivity (Wildman–Crippen MR) is 68.1 cm³/mol. The van der Waals surface area contributed by atoms with Crippen molar-refractivity contribution in [2.45, 2.75) is 0 Å². The quantitative estimate of drug-likeness (QED) is 0.441. The number of benzene rings is 1. The van der Waals surface area contributed by atoms with Crippen molar-refractivity contribution in [3.63, 3.8) is 0 Å². The zero-order chi connectivity index (χ0) is 17.7. The molecule has 0 N–H and O–H groups in total. The molecule has 0 saturated heterocycles. The van der Waals surface area contributed by atoms with E-state index in [-0.39, 0.29) is 39.1 Å². The van der Waals surface area contributed by atoms with Crippen molar-refractivity contribution in [2.24, 2.45) is 0 Å². The second-order valence-electron chi connectivity index (χ2n) is 2.64. The molecule has 20 heteroatoms. The summed E-state index contributed by atoms with van der Waals surface area (Å²) in [6, 6.07) is 12.0. The average Bonchev–Trinajstić information content (AvgIpc) is 2.12. The van der Waals surface area contributed by atoms with Gasteiger partial charge in [0.2, 0.25) is 0 Å². The Kier molecular flexibility index (Phi) is 45.8. The standard InChI is InChI=1S/C6H6.3BF4.4FH.Li.H/c1-2-4-6-5-3-1;3*2-1(3,4)5;;;;;;/h1-6H;;;;4*1H;;/q;3*-1;;;;;+1;-1. The van der Waals surface area contributed by atoms with E-state index in [0.29, 0.717) is 0 Å². The van der Waals surface area contributed by atoms with E-state index < -0.39 is 21.8 Å². The summed E-state index contributed by atoms with van der Waals surface area (Å²) >= 11 is 0. The number of hydrogen-bond acceptors (Lipinski definition) is 0. The summed E-state index contributed by atoms with van der Waals surface area (Å²) in [5.41, 5.74) is 0. The van der Waals surface area contributed by atoms with Crippen molar-refractivity contribution in [3.8, 4) is 0 Å². The van der Waals surface area contributed by atoms with Crippen LogP contribution < -0.4 is 18.9 Å². The Morgan fingerprint density at radius 2 is 0.385 bits per heavy atom. The fourth-order valence-electron chi connectivity index (χ4n) is 0.385. The summed E-state index contributed by atoms with van der Waals surface area (Å²) in [7, 11) is -18.0. The van der Waals surface area contributed by atoms with Gasteiger partial charge in [0.1, 0.15) is 0 Å². The maximum absolute atomic E-state index is 9.75. The largest absolute Gasteiger partial charge is 1.00 e. The molecule has 26 heavy (non-hydrogen) atoms. The Morgan fingerprint density at radius 1 is 0.346 bits per heavy atom. The van der Waals surface area contributed by atoms with E-state index in [1.165, 1.54) is 0 Å². The molecule has 0 nitrogen and oxygen atoms in total. The van der Waals surface area contributed by atoms with E-state index in [1.54, 1.807) is 0 Å². The van der Waals surface area contributed by atoms with Crippen LogP contribution in [0.15, 0.2) is 36.4 Å². The molecule has 1 aromatic rings. The molecule has 0 fully saturated rings. The van der Waals surface area contributed by atoms with Crippen LogP contribution in [-0.2, 0) is 0 Å². The van der Waals surface area contributed by atoms with Gasteiger partial charge in [-0.05, 0) is 0 Å². The van der Waals surface area contributed by atoms with E-state index in [0.717, 1.165) is 0 Å². The van der Waals surface area contributed by atoms with Gasteiger partial charge in [0.25, 0.3) is 0 Å². The first-order chi connectivity index (χ1) is 9.00. The minimum absolute atomic E-state index is 0. The first kappa shape index (κ1) is 49.8. The molecule has 0 radical (unpaired) electrons. The normalized spacial score (nSPS) is 8.77. The molecular formula is C6H11B3F16Li-3. The van der Waals surface area contributed by atoms with Crippen LogP contribution in [0.1, 0.15) is 1.43 Å². The zero-order valence-corrected chi connectivity index (χ0v) is 12.4. The minimum atomic E-state index is -6.00. The van der Waals surface area contributed by atoms with Gasteiger partial charge in [-0.3, -0.25) is 18.8 Å². The van der Waals surface area contributed by atoms with Crippen LogP contribution in [0, 0.1) is 0 Å². The van der Waals surface area contributed by atoms with Crippen LogP contribution in [0.4, 0.5) is 70.6 Å². The molecule has 0 saturated carbocycles. The first-order valence-corrected chi connectivity index (χ1v) is 4.62. The topological polar surface area (TPSA) is 0 Å². The van der Waals surface area contributed by atoms with E-state index in [9.17, 15) is 51.8 Å². The van der Waals surface area contributed by atoms with Gasteiger partial charge in [0, 0.05) is 0 Å². The SMILES string of the molecule is F.F.F.F.F[B-](F)(F)F.F[B-](F)(F)F.F[B-](F)(F)F.[H-].[Li+].c1ccccc1. The van der Waals surface area contributed by atoms with Crippen molar-refractivity contribution < 1.29 is 90.9 Å². The first-order valence-electron chi connectivity index (χ1n) is 4.62. The zero-order valence-electron chi connectivity index (χ0n) is 13.4. The van der Waals surface area contributed by atoms with Gasteiger partial charge in [-0.15, -0.1) is 0 Å². The van der Waals surface area contributed by atoms with Crippen LogP contribution in [-0.4, -0.2) is 21.8 Å². The Hall–Kier alpha value is -1.11. The number of hydrogen-bond donors (Lipinski definition) is 0. The summed E-state index contributed by atoms with van der Waals surface area (Å²) in [4.78, 5) is 0. The monoisotopic (exact) mass is 427 g/mol. The van der Waals surface area contributed by atoms with E-state index in [1.807, 2.05) is 36.4 Å². The van der Waals surface area contributed by atoms with Crippen LogP contribution in [0.3, 0.4) is 0 Å². The van der Waals surface area contributed by atoms with E-state index in [2.05, 4.69) is 0 Å². The van der Waals surface area contributed by atoms with Gasteiger partial charge < -0.3 is 53.2 Å². The number of halogens is 16. The fraction of sp³-hybridized carbons (Fsp3) is 0. The van der Waals surface area contributed by atoms with Crippen LogP contribution in [0.5, 0.6) is 0 Å². The molecule has 0 atom stereocenters. The molecule has 0 heterocycles. The van der Waals surface area contributed by atoms with E-state index >= 15 is 0 Å².